The third kappa shape index (κ3) is 3.56. The van der Waals surface area contributed by atoms with Gasteiger partial charge in [-0.1, -0.05) is 17.7 Å². The molecule has 1 heterocycles. The lowest BCUT2D eigenvalue weighted by Crippen LogP contribution is -2.18. The first-order chi connectivity index (χ1) is 9.47. The number of nitrogens with one attached hydrogen (secondary N) is 1. The Morgan fingerprint density at radius 2 is 2.30 bits per heavy atom. The van der Waals surface area contributed by atoms with Gasteiger partial charge in [0.1, 0.15) is 5.01 Å². The highest BCUT2D eigenvalue weighted by Crippen LogP contribution is 2.21. The van der Waals surface area contributed by atoms with Crippen molar-refractivity contribution < 1.29 is 4.79 Å². The number of nitrogens with two attached hydrogens (primary N) is 1. The molecule has 0 aliphatic carbocycles. The van der Waals surface area contributed by atoms with Crippen LogP contribution in [0.4, 0.5) is 0 Å². The highest BCUT2D eigenvalue weighted by molar-refractivity contribution is 7.11. The van der Waals surface area contributed by atoms with Crippen LogP contribution in [0.15, 0.2) is 24.4 Å². The second-order valence-electron chi connectivity index (χ2n) is 4.58. The molecular formula is C14H16ClN3OS. The second-order valence-corrected chi connectivity index (χ2v) is 6.26. The van der Waals surface area contributed by atoms with Crippen LogP contribution in [-0.4, -0.2) is 10.9 Å². The molecule has 4 nitrogen and oxygen atoms in total. The maximum atomic E-state index is 11.1. The Morgan fingerprint density at radius 3 is 2.85 bits per heavy atom. The maximum absolute atomic E-state index is 11.1. The molecule has 1 aromatic heterocycles. The summed E-state index contributed by atoms with van der Waals surface area (Å²) in [5.74, 6) is -0.474. The van der Waals surface area contributed by atoms with Crippen molar-refractivity contribution in [1.82, 2.24) is 10.3 Å². The Labute approximate surface area is 127 Å². The highest BCUT2D eigenvalue weighted by Gasteiger charge is 2.10. The van der Waals surface area contributed by atoms with Crippen LogP contribution >= 0.6 is 22.9 Å². The van der Waals surface area contributed by atoms with Crippen LogP contribution in [-0.2, 0) is 6.54 Å². The van der Waals surface area contributed by atoms with Crippen molar-refractivity contribution in [3.05, 3.63) is 50.4 Å². The zero-order valence-corrected chi connectivity index (χ0v) is 12.9. The molecule has 0 radical (unpaired) electrons. The molecule has 3 N–H and O–H groups in total. The highest BCUT2D eigenvalue weighted by atomic mass is 35.5. The molecule has 0 saturated carbocycles. The summed E-state index contributed by atoms with van der Waals surface area (Å²) in [6.07, 6.45) is 1.87. The minimum Gasteiger partial charge on any atom is -0.366 e. The second kappa shape index (κ2) is 6.35. The largest absolute Gasteiger partial charge is 0.366 e. The molecule has 0 spiro atoms. The van der Waals surface area contributed by atoms with Crippen LogP contribution in [0.5, 0.6) is 0 Å². The summed E-state index contributed by atoms with van der Waals surface area (Å²) >= 11 is 7.82. The van der Waals surface area contributed by atoms with Gasteiger partial charge in [-0.3, -0.25) is 4.79 Å². The van der Waals surface area contributed by atoms with Gasteiger partial charge < -0.3 is 11.1 Å². The topological polar surface area (TPSA) is 68.0 Å². The number of aromatic nitrogens is 1. The standard InChI is InChI=1S/C14H16ClN3OS/c1-8-6-18-14(20-8)9(2)17-7-11-4-3-10(13(16)19)5-12(11)15/h3-6,9,17H,7H2,1-2H3,(H2,16,19). The van der Waals surface area contributed by atoms with Gasteiger partial charge in [0, 0.05) is 28.2 Å². The molecule has 0 fully saturated rings. The van der Waals surface area contributed by atoms with E-state index in [4.69, 9.17) is 17.3 Å². The van der Waals surface area contributed by atoms with Gasteiger partial charge in [-0.2, -0.15) is 0 Å². The quantitative estimate of drug-likeness (QED) is 0.892. The van der Waals surface area contributed by atoms with E-state index in [1.807, 2.05) is 19.2 Å². The summed E-state index contributed by atoms with van der Waals surface area (Å²) in [4.78, 5) is 16.6. The molecule has 1 amide bonds. The summed E-state index contributed by atoms with van der Waals surface area (Å²) in [6, 6.07) is 5.25. The Hall–Kier alpha value is -1.43. The van der Waals surface area contributed by atoms with Crippen molar-refractivity contribution >= 4 is 28.8 Å². The van der Waals surface area contributed by atoms with Gasteiger partial charge in [0.2, 0.25) is 5.91 Å². The minimum atomic E-state index is -0.474. The van der Waals surface area contributed by atoms with Crippen LogP contribution in [0, 0.1) is 6.92 Å². The Balaban J connectivity index is 2.02. The van der Waals surface area contributed by atoms with E-state index >= 15 is 0 Å². The predicted molar refractivity (Wildman–Crippen MR) is 82.1 cm³/mol. The molecule has 1 atom stereocenters. The zero-order chi connectivity index (χ0) is 14.7. The van der Waals surface area contributed by atoms with Crippen molar-refractivity contribution in [3.63, 3.8) is 0 Å². The number of benzene rings is 1. The van der Waals surface area contributed by atoms with Crippen molar-refractivity contribution in [2.45, 2.75) is 26.4 Å². The van der Waals surface area contributed by atoms with Gasteiger partial charge >= 0.3 is 0 Å². The molecule has 1 aromatic carbocycles. The molecule has 2 rings (SSSR count). The average Bonchev–Trinajstić information content (AvgIpc) is 2.83. The van der Waals surface area contributed by atoms with Crippen LogP contribution in [0.25, 0.3) is 0 Å². The first-order valence-corrected chi connectivity index (χ1v) is 7.40. The summed E-state index contributed by atoms with van der Waals surface area (Å²) in [5, 5.41) is 4.95. The van der Waals surface area contributed by atoms with Crippen molar-refractivity contribution in [1.29, 1.82) is 0 Å². The van der Waals surface area contributed by atoms with E-state index < -0.39 is 5.91 Å². The number of carbonyl (C=O) groups excluding carboxylic acids is 1. The van der Waals surface area contributed by atoms with Crippen molar-refractivity contribution in [3.8, 4) is 0 Å². The van der Waals surface area contributed by atoms with Crippen molar-refractivity contribution in [2.24, 2.45) is 5.73 Å². The number of amides is 1. The number of carbonyl (C=O) groups is 1. The normalized spacial score (nSPS) is 12.3. The number of hydrogen-bond donors (Lipinski definition) is 2. The van der Waals surface area contributed by atoms with Gasteiger partial charge in [0.15, 0.2) is 0 Å². The number of hydrogen-bond acceptors (Lipinski definition) is 4. The number of thiazole rings is 1. The Morgan fingerprint density at radius 1 is 1.55 bits per heavy atom. The molecule has 1 unspecified atom stereocenters. The molecular weight excluding hydrogens is 294 g/mol. The zero-order valence-electron chi connectivity index (χ0n) is 11.3. The molecule has 6 heteroatoms. The first-order valence-electron chi connectivity index (χ1n) is 6.21. The smallest absolute Gasteiger partial charge is 0.248 e. The molecule has 0 aliphatic heterocycles. The first kappa shape index (κ1) is 15.0. The fraction of sp³-hybridized carbons (Fsp3) is 0.286. The monoisotopic (exact) mass is 309 g/mol. The summed E-state index contributed by atoms with van der Waals surface area (Å²) < 4.78 is 0. The van der Waals surface area contributed by atoms with E-state index in [2.05, 4.69) is 17.2 Å². The van der Waals surface area contributed by atoms with Crippen LogP contribution in [0.2, 0.25) is 5.02 Å². The maximum Gasteiger partial charge on any atom is 0.248 e. The van der Waals surface area contributed by atoms with E-state index in [-0.39, 0.29) is 6.04 Å². The van der Waals surface area contributed by atoms with E-state index in [9.17, 15) is 4.79 Å². The number of primary amides is 1. The number of rotatable bonds is 5. The molecule has 106 valence electrons. The molecule has 2 aromatic rings. The number of aryl methyl sites for hydroxylation is 1. The lowest BCUT2D eigenvalue weighted by Gasteiger charge is -2.12. The summed E-state index contributed by atoms with van der Waals surface area (Å²) in [6.45, 7) is 4.70. The Kier molecular flexibility index (Phi) is 4.75. The molecule has 0 aliphatic rings. The SMILES string of the molecule is Cc1cnc(C(C)NCc2ccc(C(N)=O)cc2Cl)s1. The van der Waals surface area contributed by atoms with Crippen LogP contribution in [0.3, 0.4) is 0 Å². The van der Waals surface area contributed by atoms with Crippen LogP contribution < -0.4 is 11.1 Å². The molecule has 0 saturated heterocycles. The summed E-state index contributed by atoms with van der Waals surface area (Å²) in [7, 11) is 0. The van der Waals surface area contributed by atoms with Gasteiger partial charge in [-0.15, -0.1) is 11.3 Å². The third-order valence-corrected chi connectivity index (χ3v) is 4.39. The lowest BCUT2D eigenvalue weighted by atomic mass is 10.1. The lowest BCUT2D eigenvalue weighted by molar-refractivity contribution is 0.100. The average molecular weight is 310 g/mol. The third-order valence-electron chi connectivity index (χ3n) is 2.95. The van der Waals surface area contributed by atoms with E-state index in [1.165, 1.54) is 4.88 Å². The van der Waals surface area contributed by atoms with E-state index in [0.717, 1.165) is 10.6 Å². The van der Waals surface area contributed by atoms with Gasteiger partial charge in [-0.25, -0.2) is 4.98 Å². The fourth-order valence-corrected chi connectivity index (χ4v) is 2.81. The number of nitrogens with zero attached hydrogens (tertiary/aromatic N) is 1. The van der Waals surface area contributed by atoms with Crippen LogP contribution in [0.1, 0.15) is 38.8 Å². The summed E-state index contributed by atoms with van der Waals surface area (Å²) in [5.41, 5.74) is 6.56. The predicted octanol–water partition coefficient (Wildman–Crippen LogP) is 3.05. The van der Waals surface area contributed by atoms with E-state index in [1.54, 1.807) is 23.5 Å². The van der Waals surface area contributed by atoms with Crippen molar-refractivity contribution in [2.75, 3.05) is 0 Å². The minimum absolute atomic E-state index is 0.153. The van der Waals surface area contributed by atoms with Gasteiger partial charge in [0.25, 0.3) is 0 Å². The molecule has 20 heavy (non-hydrogen) atoms. The van der Waals surface area contributed by atoms with E-state index in [0.29, 0.717) is 17.1 Å². The van der Waals surface area contributed by atoms with Gasteiger partial charge in [0.05, 0.1) is 6.04 Å². The number of halogens is 1. The molecule has 0 bridgehead atoms. The fourth-order valence-electron chi connectivity index (χ4n) is 1.77. The van der Waals surface area contributed by atoms with Gasteiger partial charge in [-0.05, 0) is 31.5 Å². The Bertz CT molecular complexity index is 627.